The zero-order chi connectivity index (χ0) is 11.5. The lowest BCUT2D eigenvalue weighted by Gasteiger charge is -2.12. The highest BCUT2D eigenvalue weighted by Gasteiger charge is 2.15. The van der Waals surface area contributed by atoms with E-state index in [1.807, 2.05) is 20.0 Å². The second-order valence-electron chi connectivity index (χ2n) is 3.92. The highest BCUT2D eigenvalue weighted by molar-refractivity contribution is 5.24. The van der Waals surface area contributed by atoms with E-state index in [-0.39, 0.29) is 6.04 Å². The Morgan fingerprint density at radius 1 is 1.50 bits per heavy atom. The van der Waals surface area contributed by atoms with Gasteiger partial charge < -0.3 is 14.8 Å². The molecule has 86 valence electrons. The third-order valence-electron chi connectivity index (χ3n) is 2.68. The molecule has 5 heteroatoms. The Hall–Kier alpha value is -1.62. The van der Waals surface area contributed by atoms with Gasteiger partial charge in [0.2, 0.25) is 0 Å². The molecule has 2 heterocycles. The number of aromatic nitrogens is 3. The highest BCUT2D eigenvalue weighted by atomic mass is 16.5. The van der Waals surface area contributed by atoms with Crippen molar-refractivity contribution in [2.24, 2.45) is 0 Å². The summed E-state index contributed by atoms with van der Waals surface area (Å²) >= 11 is 0. The van der Waals surface area contributed by atoms with Crippen molar-refractivity contribution in [2.75, 3.05) is 0 Å². The lowest BCUT2D eigenvalue weighted by atomic mass is 10.1. The average molecular weight is 220 g/mol. The molecule has 0 bridgehead atoms. The van der Waals surface area contributed by atoms with Gasteiger partial charge in [-0.1, -0.05) is 5.16 Å². The average Bonchev–Trinajstić information content (AvgIpc) is 2.86. The fourth-order valence-electron chi connectivity index (χ4n) is 1.85. The SMILES string of the molecule is Cc1noc(C)c1C(C)NCc1cnc[nH]1. The van der Waals surface area contributed by atoms with Gasteiger partial charge in [0.15, 0.2) is 0 Å². The van der Waals surface area contributed by atoms with Crippen LogP contribution in [0.25, 0.3) is 0 Å². The lowest BCUT2D eigenvalue weighted by molar-refractivity contribution is 0.390. The molecule has 2 aromatic rings. The third kappa shape index (κ3) is 2.14. The zero-order valence-electron chi connectivity index (χ0n) is 9.74. The molecule has 16 heavy (non-hydrogen) atoms. The van der Waals surface area contributed by atoms with Crippen LogP contribution in [0.2, 0.25) is 0 Å². The number of nitrogens with zero attached hydrogens (tertiary/aromatic N) is 2. The third-order valence-corrected chi connectivity index (χ3v) is 2.68. The minimum Gasteiger partial charge on any atom is -0.361 e. The van der Waals surface area contributed by atoms with E-state index in [2.05, 4.69) is 27.4 Å². The number of nitrogens with one attached hydrogen (secondary N) is 2. The normalized spacial score (nSPS) is 12.9. The molecule has 0 aliphatic rings. The van der Waals surface area contributed by atoms with Gasteiger partial charge in [0.05, 0.1) is 12.0 Å². The van der Waals surface area contributed by atoms with Crippen LogP contribution in [0.4, 0.5) is 0 Å². The molecule has 0 amide bonds. The lowest BCUT2D eigenvalue weighted by Crippen LogP contribution is -2.19. The molecule has 0 aliphatic carbocycles. The summed E-state index contributed by atoms with van der Waals surface area (Å²) in [4.78, 5) is 7.03. The fraction of sp³-hybridized carbons (Fsp3) is 0.455. The molecule has 0 saturated heterocycles. The van der Waals surface area contributed by atoms with Crippen LogP contribution < -0.4 is 5.32 Å². The molecule has 0 saturated carbocycles. The Morgan fingerprint density at radius 3 is 2.88 bits per heavy atom. The number of imidazole rings is 1. The molecule has 2 aromatic heterocycles. The van der Waals surface area contributed by atoms with E-state index in [1.165, 1.54) is 0 Å². The van der Waals surface area contributed by atoms with Crippen LogP contribution in [-0.2, 0) is 6.54 Å². The van der Waals surface area contributed by atoms with Crippen molar-refractivity contribution in [3.8, 4) is 0 Å². The maximum atomic E-state index is 5.14. The maximum Gasteiger partial charge on any atom is 0.138 e. The summed E-state index contributed by atoms with van der Waals surface area (Å²) in [5.74, 6) is 0.877. The number of rotatable bonds is 4. The van der Waals surface area contributed by atoms with Gasteiger partial charge in [-0.05, 0) is 20.8 Å². The number of hydrogen-bond donors (Lipinski definition) is 2. The molecular formula is C11H16N4O. The largest absolute Gasteiger partial charge is 0.361 e. The first-order chi connectivity index (χ1) is 7.68. The van der Waals surface area contributed by atoms with E-state index in [0.717, 1.165) is 29.3 Å². The summed E-state index contributed by atoms with van der Waals surface area (Å²) in [6.45, 7) is 6.75. The quantitative estimate of drug-likeness (QED) is 0.825. The van der Waals surface area contributed by atoms with Gasteiger partial charge in [-0.2, -0.15) is 0 Å². The second-order valence-corrected chi connectivity index (χ2v) is 3.92. The van der Waals surface area contributed by atoms with Crippen LogP contribution in [0, 0.1) is 13.8 Å². The van der Waals surface area contributed by atoms with Crippen molar-refractivity contribution in [1.29, 1.82) is 0 Å². The number of aryl methyl sites for hydroxylation is 2. The Labute approximate surface area is 94.3 Å². The molecule has 0 fully saturated rings. The summed E-state index contributed by atoms with van der Waals surface area (Å²) in [7, 11) is 0. The molecule has 1 atom stereocenters. The van der Waals surface area contributed by atoms with Crippen LogP contribution >= 0.6 is 0 Å². The zero-order valence-corrected chi connectivity index (χ0v) is 9.74. The minimum absolute atomic E-state index is 0.217. The monoisotopic (exact) mass is 220 g/mol. The van der Waals surface area contributed by atoms with Gasteiger partial charge >= 0.3 is 0 Å². The molecule has 1 unspecified atom stereocenters. The molecule has 2 N–H and O–H groups in total. The summed E-state index contributed by atoms with van der Waals surface area (Å²) in [5, 5.41) is 7.34. The van der Waals surface area contributed by atoms with Crippen molar-refractivity contribution in [1.82, 2.24) is 20.4 Å². The van der Waals surface area contributed by atoms with Gasteiger partial charge in [-0.15, -0.1) is 0 Å². The molecule has 0 spiro atoms. The molecular weight excluding hydrogens is 204 g/mol. The fourth-order valence-corrected chi connectivity index (χ4v) is 1.85. The van der Waals surface area contributed by atoms with Crippen molar-refractivity contribution in [3.63, 3.8) is 0 Å². The van der Waals surface area contributed by atoms with Crippen molar-refractivity contribution >= 4 is 0 Å². The molecule has 0 aromatic carbocycles. The van der Waals surface area contributed by atoms with Gasteiger partial charge in [-0.3, -0.25) is 0 Å². The van der Waals surface area contributed by atoms with E-state index in [0.29, 0.717) is 0 Å². The van der Waals surface area contributed by atoms with E-state index in [9.17, 15) is 0 Å². The van der Waals surface area contributed by atoms with Gasteiger partial charge in [0, 0.05) is 30.0 Å². The van der Waals surface area contributed by atoms with E-state index in [4.69, 9.17) is 4.52 Å². The predicted octanol–water partition coefficient (Wildman–Crippen LogP) is 1.87. The van der Waals surface area contributed by atoms with Crippen LogP contribution in [0.1, 0.15) is 35.7 Å². The van der Waals surface area contributed by atoms with E-state index in [1.54, 1.807) is 6.33 Å². The summed E-state index contributed by atoms with van der Waals surface area (Å²) < 4.78 is 5.14. The minimum atomic E-state index is 0.217. The second kappa shape index (κ2) is 4.49. The molecule has 0 aliphatic heterocycles. The van der Waals surface area contributed by atoms with E-state index < -0.39 is 0 Å². The first-order valence-electron chi connectivity index (χ1n) is 5.32. The first kappa shape index (κ1) is 10.9. The van der Waals surface area contributed by atoms with Gasteiger partial charge in [0.25, 0.3) is 0 Å². The van der Waals surface area contributed by atoms with Gasteiger partial charge in [0.1, 0.15) is 5.76 Å². The van der Waals surface area contributed by atoms with Gasteiger partial charge in [-0.25, -0.2) is 4.98 Å². The van der Waals surface area contributed by atoms with Crippen molar-refractivity contribution < 1.29 is 4.52 Å². The molecule has 2 rings (SSSR count). The van der Waals surface area contributed by atoms with E-state index >= 15 is 0 Å². The topological polar surface area (TPSA) is 66.7 Å². The number of aromatic amines is 1. The Balaban J connectivity index is 2.01. The molecule has 0 radical (unpaired) electrons. The van der Waals surface area contributed by atoms with Crippen molar-refractivity contribution in [2.45, 2.75) is 33.4 Å². The Morgan fingerprint density at radius 2 is 2.31 bits per heavy atom. The Kier molecular flexibility index (Phi) is 3.05. The van der Waals surface area contributed by atoms with Crippen LogP contribution in [0.5, 0.6) is 0 Å². The standard InChI is InChI=1S/C11H16N4O/c1-7(11-8(2)15-16-9(11)3)13-5-10-4-12-6-14-10/h4,6-7,13H,5H2,1-3H3,(H,12,14). The summed E-state index contributed by atoms with van der Waals surface area (Å²) in [6, 6.07) is 0.217. The number of hydrogen-bond acceptors (Lipinski definition) is 4. The van der Waals surface area contributed by atoms with Crippen LogP contribution in [0.3, 0.4) is 0 Å². The maximum absolute atomic E-state index is 5.14. The first-order valence-corrected chi connectivity index (χ1v) is 5.32. The summed E-state index contributed by atoms with van der Waals surface area (Å²) in [5.41, 5.74) is 3.15. The Bertz CT molecular complexity index is 427. The van der Waals surface area contributed by atoms with Crippen LogP contribution in [0.15, 0.2) is 17.0 Å². The number of H-pyrrole nitrogens is 1. The predicted molar refractivity (Wildman–Crippen MR) is 59.8 cm³/mol. The smallest absolute Gasteiger partial charge is 0.138 e. The summed E-state index contributed by atoms with van der Waals surface area (Å²) in [6.07, 6.45) is 3.49. The van der Waals surface area contributed by atoms with Crippen molar-refractivity contribution in [3.05, 3.63) is 35.2 Å². The van der Waals surface area contributed by atoms with Crippen LogP contribution in [-0.4, -0.2) is 15.1 Å². The highest BCUT2D eigenvalue weighted by Crippen LogP contribution is 2.20. The molecule has 5 nitrogen and oxygen atoms in total.